The number of carbonyl (C=O) groups excluding carboxylic acids is 1. The molecule has 4 rings (SSSR count). The van der Waals surface area contributed by atoms with Gasteiger partial charge in [0, 0.05) is 18.5 Å². The van der Waals surface area contributed by atoms with Gasteiger partial charge in [0.15, 0.2) is 5.82 Å². The van der Waals surface area contributed by atoms with Gasteiger partial charge in [-0.3, -0.25) is 4.79 Å². The molecule has 7 nitrogen and oxygen atoms in total. The highest BCUT2D eigenvalue weighted by Crippen LogP contribution is 2.23. The van der Waals surface area contributed by atoms with Crippen LogP contribution in [0.25, 0.3) is 11.5 Å². The zero-order valence-electron chi connectivity index (χ0n) is 14.9. The lowest BCUT2D eigenvalue weighted by atomic mass is 10.2. The van der Waals surface area contributed by atoms with E-state index in [0.29, 0.717) is 17.4 Å². The molecule has 3 aromatic heterocycles. The van der Waals surface area contributed by atoms with Gasteiger partial charge in [-0.25, -0.2) is 14.1 Å². The Hall–Kier alpha value is -3.94. The molecule has 0 saturated carbocycles. The standard InChI is InChI=1S/C20H16FN5O2/c1-28-18-9-8-14(12-22-18)24-19(27)15-13-23-26(17-7-3-2-6-16(17)21)20(15)25-10-4-5-11-25/h2-13H,1H3,(H,24,27). The maximum absolute atomic E-state index is 14.3. The maximum atomic E-state index is 14.3. The van der Waals surface area contributed by atoms with Crippen LogP contribution in [-0.4, -0.2) is 32.3 Å². The van der Waals surface area contributed by atoms with E-state index in [4.69, 9.17) is 4.74 Å². The number of hydrogen-bond donors (Lipinski definition) is 1. The Balaban J connectivity index is 1.74. The van der Waals surface area contributed by atoms with Crippen molar-refractivity contribution in [1.82, 2.24) is 19.3 Å². The van der Waals surface area contributed by atoms with Crippen molar-refractivity contribution in [2.24, 2.45) is 0 Å². The second-order valence-electron chi connectivity index (χ2n) is 5.88. The third-order valence-electron chi connectivity index (χ3n) is 4.12. The maximum Gasteiger partial charge on any atom is 0.261 e. The minimum Gasteiger partial charge on any atom is -0.481 e. The lowest BCUT2D eigenvalue weighted by Gasteiger charge is -2.12. The van der Waals surface area contributed by atoms with Crippen LogP contribution in [0.3, 0.4) is 0 Å². The lowest BCUT2D eigenvalue weighted by molar-refractivity contribution is 0.102. The number of pyridine rings is 1. The molecule has 0 aliphatic rings. The molecule has 1 aromatic carbocycles. The normalized spacial score (nSPS) is 10.6. The topological polar surface area (TPSA) is 74.0 Å². The molecule has 0 radical (unpaired) electrons. The third-order valence-corrected chi connectivity index (χ3v) is 4.12. The van der Waals surface area contributed by atoms with Crippen molar-refractivity contribution in [1.29, 1.82) is 0 Å². The first-order valence-corrected chi connectivity index (χ1v) is 8.45. The summed E-state index contributed by atoms with van der Waals surface area (Å²) >= 11 is 0. The van der Waals surface area contributed by atoms with E-state index in [0.717, 1.165) is 0 Å². The van der Waals surface area contributed by atoms with Gasteiger partial charge < -0.3 is 14.6 Å². The van der Waals surface area contributed by atoms with Crippen molar-refractivity contribution in [2.45, 2.75) is 0 Å². The van der Waals surface area contributed by atoms with Gasteiger partial charge in [-0.1, -0.05) is 12.1 Å². The lowest BCUT2D eigenvalue weighted by Crippen LogP contribution is -2.15. The van der Waals surface area contributed by atoms with Crippen LogP contribution in [-0.2, 0) is 0 Å². The largest absolute Gasteiger partial charge is 0.481 e. The van der Waals surface area contributed by atoms with Gasteiger partial charge in [-0.05, 0) is 30.3 Å². The number of aromatic nitrogens is 4. The van der Waals surface area contributed by atoms with Crippen molar-refractivity contribution in [3.05, 3.63) is 84.7 Å². The first-order chi connectivity index (χ1) is 13.7. The molecule has 0 fully saturated rings. The van der Waals surface area contributed by atoms with E-state index >= 15 is 0 Å². The summed E-state index contributed by atoms with van der Waals surface area (Å²) in [5, 5.41) is 7.03. The second-order valence-corrected chi connectivity index (χ2v) is 5.88. The monoisotopic (exact) mass is 377 g/mol. The van der Waals surface area contributed by atoms with Crippen LogP contribution in [0.15, 0.2) is 73.3 Å². The summed E-state index contributed by atoms with van der Waals surface area (Å²) in [6.45, 7) is 0. The van der Waals surface area contributed by atoms with Gasteiger partial charge in [0.2, 0.25) is 5.88 Å². The minimum absolute atomic E-state index is 0.247. The molecule has 4 aromatic rings. The third kappa shape index (κ3) is 3.23. The molecule has 0 bridgehead atoms. The van der Waals surface area contributed by atoms with Crippen LogP contribution in [0.4, 0.5) is 10.1 Å². The SMILES string of the molecule is COc1ccc(NC(=O)c2cnn(-c3ccccc3F)c2-n2cccc2)cn1. The number of carbonyl (C=O) groups is 1. The predicted molar refractivity (Wildman–Crippen MR) is 102 cm³/mol. The Labute approximate surface area is 160 Å². The number of ether oxygens (including phenoxy) is 1. The van der Waals surface area contributed by atoms with E-state index in [2.05, 4.69) is 15.4 Å². The summed E-state index contributed by atoms with van der Waals surface area (Å²) in [5.41, 5.74) is 1.04. The van der Waals surface area contributed by atoms with Gasteiger partial charge in [-0.2, -0.15) is 5.10 Å². The van der Waals surface area contributed by atoms with E-state index in [1.54, 1.807) is 47.3 Å². The predicted octanol–water partition coefficient (Wildman–Crippen LogP) is 3.46. The van der Waals surface area contributed by atoms with Crippen LogP contribution >= 0.6 is 0 Å². The fourth-order valence-electron chi connectivity index (χ4n) is 2.80. The summed E-state index contributed by atoms with van der Waals surface area (Å²) in [5.74, 6) is 0.0380. The van der Waals surface area contributed by atoms with Crippen LogP contribution in [0, 0.1) is 5.82 Å². The quantitative estimate of drug-likeness (QED) is 0.578. The highest BCUT2D eigenvalue weighted by atomic mass is 19.1. The molecular weight excluding hydrogens is 361 g/mol. The number of amides is 1. The fourth-order valence-corrected chi connectivity index (χ4v) is 2.80. The first kappa shape index (κ1) is 17.5. The molecule has 1 amide bonds. The van der Waals surface area contributed by atoms with E-state index in [1.165, 1.54) is 30.3 Å². The van der Waals surface area contributed by atoms with Crippen LogP contribution in [0.1, 0.15) is 10.4 Å². The Bertz CT molecular complexity index is 1100. The smallest absolute Gasteiger partial charge is 0.261 e. The molecule has 28 heavy (non-hydrogen) atoms. The van der Waals surface area contributed by atoms with Crippen molar-refractivity contribution < 1.29 is 13.9 Å². The number of methoxy groups -OCH3 is 1. The van der Waals surface area contributed by atoms with Gasteiger partial charge in [0.1, 0.15) is 17.1 Å². The molecule has 0 unspecified atom stereocenters. The zero-order chi connectivity index (χ0) is 19.5. The molecule has 0 aliphatic carbocycles. The number of benzene rings is 1. The zero-order valence-corrected chi connectivity index (χ0v) is 14.9. The van der Waals surface area contributed by atoms with Crippen molar-refractivity contribution in [3.63, 3.8) is 0 Å². The van der Waals surface area contributed by atoms with Gasteiger partial charge in [0.25, 0.3) is 5.91 Å². The van der Waals surface area contributed by atoms with Crippen LogP contribution in [0.2, 0.25) is 0 Å². The highest BCUT2D eigenvalue weighted by molar-refractivity contribution is 6.06. The number of halogens is 1. The van der Waals surface area contributed by atoms with Crippen molar-refractivity contribution in [2.75, 3.05) is 12.4 Å². The van der Waals surface area contributed by atoms with E-state index in [-0.39, 0.29) is 11.3 Å². The van der Waals surface area contributed by atoms with Crippen molar-refractivity contribution in [3.8, 4) is 17.4 Å². The number of nitrogens with one attached hydrogen (secondary N) is 1. The second kappa shape index (κ2) is 7.36. The van der Waals surface area contributed by atoms with E-state index in [9.17, 15) is 9.18 Å². The van der Waals surface area contributed by atoms with E-state index in [1.807, 2.05) is 12.1 Å². The van der Waals surface area contributed by atoms with E-state index < -0.39 is 11.7 Å². The number of anilines is 1. The molecular formula is C20H16FN5O2. The molecule has 0 saturated heterocycles. The highest BCUT2D eigenvalue weighted by Gasteiger charge is 2.21. The van der Waals surface area contributed by atoms with Gasteiger partial charge in [0.05, 0.1) is 25.2 Å². The molecule has 140 valence electrons. The summed E-state index contributed by atoms with van der Waals surface area (Å²) in [7, 11) is 1.51. The number of para-hydroxylation sites is 1. The molecule has 0 aliphatic heterocycles. The fraction of sp³-hybridized carbons (Fsp3) is 0.0500. The van der Waals surface area contributed by atoms with Gasteiger partial charge >= 0.3 is 0 Å². The van der Waals surface area contributed by atoms with Gasteiger partial charge in [-0.15, -0.1) is 0 Å². The number of nitrogens with zero attached hydrogens (tertiary/aromatic N) is 4. The number of rotatable bonds is 5. The molecule has 3 heterocycles. The first-order valence-electron chi connectivity index (χ1n) is 8.45. The van der Waals surface area contributed by atoms with Crippen LogP contribution in [0.5, 0.6) is 5.88 Å². The summed E-state index contributed by atoms with van der Waals surface area (Å²) in [6, 6.07) is 13.2. The Morgan fingerprint density at radius 3 is 2.54 bits per heavy atom. The average molecular weight is 377 g/mol. The summed E-state index contributed by atoms with van der Waals surface area (Å²) in [4.78, 5) is 17.0. The molecule has 0 spiro atoms. The Morgan fingerprint density at radius 2 is 1.86 bits per heavy atom. The summed E-state index contributed by atoms with van der Waals surface area (Å²) in [6.07, 6.45) is 6.43. The Morgan fingerprint density at radius 1 is 1.07 bits per heavy atom. The van der Waals surface area contributed by atoms with Crippen LogP contribution < -0.4 is 10.1 Å². The Kier molecular flexibility index (Phi) is 4.59. The molecule has 1 N–H and O–H groups in total. The summed E-state index contributed by atoms with van der Waals surface area (Å²) < 4.78 is 22.5. The molecule has 0 atom stereocenters. The number of hydrogen-bond acceptors (Lipinski definition) is 4. The van der Waals surface area contributed by atoms with Crippen molar-refractivity contribution >= 4 is 11.6 Å². The average Bonchev–Trinajstić information content (AvgIpc) is 3.38. The molecule has 8 heteroatoms. The minimum atomic E-state index is -0.440.